The van der Waals surface area contributed by atoms with E-state index in [0.717, 1.165) is 11.4 Å². The molecule has 0 saturated heterocycles. The van der Waals surface area contributed by atoms with Crippen LogP contribution >= 0.6 is 11.6 Å². The van der Waals surface area contributed by atoms with E-state index in [4.69, 9.17) is 16.3 Å². The van der Waals surface area contributed by atoms with E-state index in [2.05, 4.69) is 10.3 Å². The van der Waals surface area contributed by atoms with Crippen LogP contribution in [0.3, 0.4) is 0 Å². The van der Waals surface area contributed by atoms with Crippen LogP contribution in [0.1, 0.15) is 5.56 Å². The standard InChI is InChI=1S/C14H15ClN2O/c1-11-3-2-4-12(9-11)18-8-7-17-14-5-6-16-10-13(14)15/h2-6,9-10H,7-8H2,1H3,(H,16,17). The average molecular weight is 263 g/mol. The molecule has 0 unspecified atom stereocenters. The van der Waals surface area contributed by atoms with Gasteiger partial charge in [-0.2, -0.15) is 0 Å². The van der Waals surface area contributed by atoms with Crippen LogP contribution in [0.4, 0.5) is 5.69 Å². The fraction of sp³-hybridized carbons (Fsp3) is 0.214. The normalized spacial score (nSPS) is 10.1. The van der Waals surface area contributed by atoms with Crippen molar-refractivity contribution in [3.63, 3.8) is 0 Å². The van der Waals surface area contributed by atoms with Gasteiger partial charge < -0.3 is 10.1 Å². The van der Waals surface area contributed by atoms with E-state index in [1.54, 1.807) is 12.4 Å². The lowest BCUT2D eigenvalue weighted by Gasteiger charge is -2.09. The minimum Gasteiger partial charge on any atom is -0.492 e. The van der Waals surface area contributed by atoms with Crippen molar-refractivity contribution < 1.29 is 4.74 Å². The number of hydrogen-bond acceptors (Lipinski definition) is 3. The third-order valence-corrected chi connectivity index (χ3v) is 2.75. The fourth-order valence-corrected chi connectivity index (χ4v) is 1.76. The Balaban J connectivity index is 1.78. The zero-order valence-corrected chi connectivity index (χ0v) is 10.9. The molecule has 0 radical (unpaired) electrons. The first-order chi connectivity index (χ1) is 8.75. The lowest BCUT2D eigenvalue weighted by molar-refractivity contribution is 0.332. The Kier molecular flexibility index (Phi) is 4.42. The summed E-state index contributed by atoms with van der Waals surface area (Å²) in [6, 6.07) is 9.83. The SMILES string of the molecule is Cc1cccc(OCCNc2ccncc2Cl)c1. The zero-order chi connectivity index (χ0) is 12.8. The second kappa shape index (κ2) is 6.26. The number of anilines is 1. The topological polar surface area (TPSA) is 34.1 Å². The van der Waals surface area contributed by atoms with E-state index >= 15 is 0 Å². The number of halogens is 1. The Morgan fingerprint density at radius 1 is 1.33 bits per heavy atom. The van der Waals surface area contributed by atoms with Gasteiger partial charge in [0.05, 0.1) is 10.7 Å². The van der Waals surface area contributed by atoms with Crippen LogP contribution in [0.15, 0.2) is 42.7 Å². The second-order valence-electron chi connectivity index (χ2n) is 3.95. The zero-order valence-electron chi connectivity index (χ0n) is 10.2. The molecule has 1 N–H and O–H groups in total. The quantitative estimate of drug-likeness (QED) is 0.837. The van der Waals surface area contributed by atoms with E-state index in [0.29, 0.717) is 18.2 Å². The first-order valence-corrected chi connectivity index (χ1v) is 6.16. The van der Waals surface area contributed by atoms with Crippen LogP contribution in [-0.4, -0.2) is 18.1 Å². The van der Waals surface area contributed by atoms with Crippen LogP contribution in [0.2, 0.25) is 5.02 Å². The van der Waals surface area contributed by atoms with Gasteiger partial charge in [0, 0.05) is 18.9 Å². The minimum absolute atomic E-state index is 0.585. The van der Waals surface area contributed by atoms with Crippen molar-refractivity contribution in [2.75, 3.05) is 18.5 Å². The summed E-state index contributed by atoms with van der Waals surface area (Å²) in [6.45, 7) is 3.32. The molecule has 18 heavy (non-hydrogen) atoms. The molecule has 3 nitrogen and oxygen atoms in total. The monoisotopic (exact) mass is 262 g/mol. The molecule has 0 bridgehead atoms. The van der Waals surface area contributed by atoms with E-state index in [1.165, 1.54) is 5.56 Å². The molecule has 0 saturated carbocycles. The summed E-state index contributed by atoms with van der Waals surface area (Å²) in [4.78, 5) is 3.93. The van der Waals surface area contributed by atoms with Crippen molar-refractivity contribution >= 4 is 17.3 Å². The minimum atomic E-state index is 0.585. The molecule has 1 heterocycles. The average Bonchev–Trinajstić information content (AvgIpc) is 2.37. The fourth-order valence-electron chi connectivity index (χ4n) is 1.58. The number of rotatable bonds is 5. The summed E-state index contributed by atoms with van der Waals surface area (Å²) < 4.78 is 5.63. The number of hydrogen-bond donors (Lipinski definition) is 1. The van der Waals surface area contributed by atoms with E-state index < -0.39 is 0 Å². The summed E-state index contributed by atoms with van der Waals surface area (Å²) >= 11 is 5.98. The molecule has 2 rings (SSSR count). The molecular formula is C14H15ClN2O. The van der Waals surface area contributed by atoms with Gasteiger partial charge in [-0.15, -0.1) is 0 Å². The molecule has 0 aliphatic heterocycles. The van der Waals surface area contributed by atoms with Crippen LogP contribution in [0, 0.1) is 6.92 Å². The number of benzene rings is 1. The molecule has 0 amide bonds. The third kappa shape index (κ3) is 3.64. The number of aryl methyl sites for hydroxylation is 1. The Hall–Kier alpha value is -1.74. The lowest BCUT2D eigenvalue weighted by Crippen LogP contribution is -2.11. The Labute approximate surface area is 112 Å². The molecule has 0 fully saturated rings. The maximum absolute atomic E-state index is 5.98. The smallest absolute Gasteiger partial charge is 0.119 e. The van der Waals surface area contributed by atoms with Crippen molar-refractivity contribution in [3.8, 4) is 5.75 Å². The van der Waals surface area contributed by atoms with Crippen LogP contribution < -0.4 is 10.1 Å². The van der Waals surface area contributed by atoms with E-state index in [9.17, 15) is 0 Å². The van der Waals surface area contributed by atoms with Gasteiger partial charge in [-0.1, -0.05) is 23.7 Å². The number of nitrogens with zero attached hydrogens (tertiary/aromatic N) is 1. The van der Waals surface area contributed by atoms with Crippen molar-refractivity contribution in [3.05, 3.63) is 53.3 Å². The summed E-state index contributed by atoms with van der Waals surface area (Å²) in [5.74, 6) is 0.887. The van der Waals surface area contributed by atoms with Crippen LogP contribution in [-0.2, 0) is 0 Å². The van der Waals surface area contributed by atoms with Gasteiger partial charge in [0.25, 0.3) is 0 Å². The maximum atomic E-state index is 5.98. The number of aromatic nitrogens is 1. The van der Waals surface area contributed by atoms with Gasteiger partial charge in [0.15, 0.2) is 0 Å². The largest absolute Gasteiger partial charge is 0.492 e. The van der Waals surface area contributed by atoms with Crippen molar-refractivity contribution in [1.82, 2.24) is 4.98 Å². The first kappa shape index (κ1) is 12.7. The third-order valence-electron chi connectivity index (χ3n) is 2.45. The first-order valence-electron chi connectivity index (χ1n) is 5.78. The molecule has 0 aliphatic rings. The van der Waals surface area contributed by atoms with Gasteiger partial charge in [0.1, 0.15) is 12.4 Å². The highest BCUT2D eigenvalue weighted by atomic mass is 35.5. The predicted molar refractivity (Wildman–Crippen MR) is 74.4 cm³/mol. The highest BCUT2D eigenvalue weighted by Crippen LogP contribution is 2.18. The highest BCUT2D eigenvalue weighted by molar-refractivity contribution is 6.33. The van der Waals surface area contributed by atoms with Crippen LogP contribution in [0.5, 0.6) is 5.75 Å². The molecule has 0 spiro atoms. The maximum Gasteiger partial charge on any atom is 0.119 e. The molecule has 1 aromatic heterocycles. The van der Waals surface area contributed by atoms with Crippen molar-refractivity contribution in [2.24, 2.45) is 0 Å². The van der Waals surface area contributed by atoms with E-state index in [1.807, 2.05) is 37.3 Å². The summed E-state index contributed by atoms with van der Waals surface area (Å²) in [6.07, 6.45) is 3.32. The van der Waals surface area contributed by atoms with Crippen LogP contribution in [0.25, 0.3) is 0 Å². The lowest BCUT2D eigenvalue weighted by atomic mass is 10.2. The molecule has 4 heteroatoms. The van der Waals surface area contributed by atoms with Crippen molar-refractivity contribution in [2.45, 2.75) is 6.92 Å². The summed E-state index contributed by atoms with van der Waals surface area (Å²) in [5.41, 5.74) is 2.07. The second-order valence-corrected chi connectivity index (χ2v) is 4.35. The summed E-state index contributed by atoms with van der Waals surface area (Å²) in [7, 11) is 0. The molecule has 1 aromatic carbocycles. The Morgan fingerprint density at radius 2 is 2.22 bits per heavy atom. The number of nitrogens with one attached hydrogen (secondary N) is 1. The Morgan fingerprint density at radius 3 is 3.00 bits per heavy atom. The Bertz CT molecular complexity index is 517. The van der Waals surface area contributed by atoms with Gasteiger partial charge in [-0.25, -0.2) is 0 Å². The number of pyridine rings is 1. The van der Waals surface area contributed by atoms with Crippen molar-refractivity contribution in [1.29, 1.82) is 0 Å². The molecule has 0 atom stereocenters. The van der Waals surface area contributed by atoms with Gasteiger partial charge in [-0.05, 0) is 30.7 Å². The molecular weight excluding hydrogens is 248 g/mol. The number of ether oxygens (including phenoxy) is 1. The van der Waals surface area contributed by atoms with Gasteiger partial charge >= 0.3 is 0 Å². The summed E-state index contributed by atoms with van der Waals surface area (Å²) in [5, 5.41) is 3.82. The van der Waals surface area contributed by atoms with E-state index in [-0.39, 0.29) is 0 Å². The van der Waals surface area contributed by atoms with Gasteiger partial charge in [-0.3, -0.25) is 4.98 Å². The molecule has 0 aliphatic carbocycles. The predicted octanol–water partition coefficient (Wildman–Crippen LogP) is 3.53. The highest BCUT2D eigenvalue weighted by Gasteiger charge is 1.98. The van der Waals surface area contributed by atoms with Gasteiger partial charge in [0.2, 0.25) is 0 Å². The molecule has 94 valence electrons. The molecule has 2 aromatic rings.